The largest absolute Gasteiger partial charge is 0.361 e. The molecule has 0 radical (unpaired) electrons. The van der Waals surface area contributed by atoms with Gasteiger partial charge in [0.1, 0.15) is 5.76 Å². The molecule has 4 nitrogen and oxygen atoms in total. The predicted octanol–water partition coefficient (Wildman–Crippen LogP) is 4.48. The summed E-state index contributed by atoms with van der Waals surface area (Å²) in [7, 11) is 0. The third-order valence-electron chi connectivity index (χ3n) is 3.64. The fourth-order valence-electron chi connectivity index (χ4n) is 2.53. The van der Waals surface area contributed by atoms with E-state index in [1.54, 1.807) is 35.0 Å². The maximum atomic E-state index is 12.1. The minimum Gasteiger partial charge on any atom is -0.361 e. The van der Waals surface area contributed by atoms with Crippen LogP contribution in [0.4, 0.5) is 0 Å². The molecule has 0 spiro atoms. The Kier molecular flexibility index (Phi) is 4.28. The van der Waals surface area contributed by atoms with E-state index in [1.165, 1.54) is 0 Å². The first-order valence-electron chi connectivity index (χ1n) is 7.03. The predicted molar refractivity (Wildman–Crippen MR) is 91.2 cm³/mol. The van der Waals surface area contributed by atoms with Crippen molar-refractivity contribution in [3.8, 4) is 11.1 Å². The zero-order chi connectivity index (χ0) is 16.6. The van der Waals surface area contributed by atoms with E-state index >= 15 is 0 Å². The number of hydrogen-bond acceptors (Lipinski definition) is 3. The van der Waals surface area contributed by atoms with E-state index in [0.29, 0.717) is 16.6 Å². The van der Waals surface area contributed by atoms with Gasteiger partial charge in [-0.05, 0) is 37.6 Å². The van der Waals surface area contributed by atoms with Crippen molar-refractivity contribution < 1.29 is 4.52 Å². The Morgan fingerprint density at radius 2 is 1.91 bits per heavy atom. The molecule has 2 heterocycles. The molecule has 118 valence electrons. The topological polar surface area (TPSA) is 48.0 Å². The number of halogens is 2. The number of hydrogen-bond donors (Lipinski definition) is 0. The maximum absolute atomic E-state index is 12.1. The van der Waals surface area contributed by atoms with Gasteiger partial charge in [0.05, 0.1) is 22.3 Å². The zero-order valence-corrected chi connectivity index (χ0v) is 14.1. The third-order valence-corrected chi connectivity index (χ3v) is 4.38. The van der Waals surface area contributed by atoms with Crippen molar-refractivity contribution in [2.24, 2.45) is 0 Å². The van der Waals surface area contributed by atoms with Crippen LogP contribution >= 0.6 is 23.2 Å². The Hall–Kier alpha value is -2.04. The summed E-state index contributed by atoms with van der Waals surface area (Å²) in [4.78, 5) is 12.1. The fourth-order valence-corrected chi connectivity index (χ4v) is 2.85. The van der Waals surface area contributed by atoms with Gasteiger partial charge in [0.25, 0.3) is 5.56 Å². The number of rotatable bonds is 3. The van der Waals surface area contributed by atoms with Crippen LogP contribution in [0.2, 0.25) is 10.0 Å². The lowest BCUT2D eigenvalue weighted by Crippen LogP contribution is -2.19. The Morgan fingerprint density at radius 1 is 1.13 bits per heavy atom. The summed E-state index contributed by atoms with van der Waals surface area (Å²) in [5, 5.41) is 4.92. The van der Waals surface area contributed by atoms with Crippen LogP contribution in [0.3, 0.4) is 0 Å². The molecule has 6 heteroatoms. The van der Waals surface area contributed by atoms with Crippen molar-refractivity contribution in [1.82, 2.24) is 9.72 Å². The quantitative estimate of drug-likeness (QED) is 0.701. The maximum Gasteiger partial charge on any atom is 0.250 e. The first kappa shape index (κ1) is 15.8. The number of nitrogens with zero attached hydrogens (tertiary/aromatic N) is 2. The summed E-state index contributed by atoms with van der Waals surface area (Å²) in [6, 6.07) is 8.66. The molecule has 0 saturated carbocycles. The molecule has 0 aliphatic heterocycles. The second-order valence-electron chi connectivity index (χ2n) is 5.33. The van der Waals surface area contributed by atoms with Crippen LogP contribution in [-0.4, -0.2) is 9.72 Å². The average molecular weight is 349 g/mol. The van der Waals surface area contributed by atoms with E-state index in [-0.39, 0.29) is 5.56 Å². The molecule has 0 N–H and O–H groups in total. The summed E-state index contributed by atoms with van der Waals surface area (Å²) >= 11 is 12.0. The molecule has 0 atom stereocenters. The minimum absolute atomic E-state index is 0.0911. The van der Waals surface area contributed by atoms with Gasteiger partial charge in [-0.15, -0.1) is 0 Å². The fraction of sp³-hybridized carbons (Fsp3) is 0.176. The van der Waals surface area contributed by atoms with Gasteiger partial charge in [0.15, 0.2) is 0 Å². The highest BCUT2D eigenvalue weighted by Crippen LogP contribution is 2.26. The SMILES string of the molecule is Cc1noc(C)c1-c1ccc(=O)n(Cc2ccc(Cl)c(Cl)c2)c1. The van der Waals surface area contributed by atoms with Gasteiger partial charge >= 0.3 is 0 Å². The van der Waals surface area contributed by atoms with Crippen molar-refractivity contribution in [2.45, 2.75) is 20.4 Å². The van der Waals surface area contributed by atoms with Gasteiger partial charge in [0.2, 0.25) is 0 Å². The third kappa shape index (κ3) is 3.19. The second-order valence-corrected chi connectivity index (χ2v) is 6.15. The van der Waals surface area contributed by atoms with E-state index in [4.69, 9.17) is 27.7 Å². The normalized spacial score (nSPS) is 11.0. The minimum atomic E-state index is -0.0911. The Labute approximate surface area is 143 Å². The first-order valence-corrected chi connectivity index (χ1v) is 7.79. The van der Waals surface area contributed by atoms with Gasteiger partial charge in [-0.25, -0.2) is 0 Å². The summed E-state index contributed by atoms with van der Waals surface area (Å²) in [6.07, 6.45) is 1.80. The number of pyridine rings is 1. The molecule has 3 aromatic rings. The highest BCUT2D eigenvalue weighted by Gasteiger charge is 2.12. The van der Waals surface area contributed by atoms with Gasteiger partial charge in [-0.1, -0.05) is 34.4 Å². The summed E-state index contributed by atoms with van der Waals surface area (Å²) < 4.78 is 6.82. The van der Waals surface area contributed by atoms with Crippen LogP contribution in [0.1, 0.15) is 17.0 Å². The smallest absolute Gasteiger partial charge is 0.250 e. The molecule has 0 fully saturated rings. The molecule has 3 rings (SSSR count). The van der Waals surface area contributed by atoms with Crippen LogP contribution < -0.4 is 5.56 Å². The number of aryl methyl sites for hydroxylation is 2. The van der Waals surface area contributed by atoms with E-state index < -0.39 is 0 Å². The summed E-state index contributed by atoms with van der Waals surface area (Å²) in [5.74, 6) is 0.724. The van der Waals surface area contributed by atoms with Gasteiger partial charge < -0.3 is 9.09 Å². The molecule has 23 heavy (non-hydrogen) atoms. The van der Waals surface area contributed by atoms with Crippen molar-refractivity contribution in [3.05, 3.63) is 73.9 Å². The van der Waals surface area contributed by atoms with E-state index in [0.717, 1.165) is 28.1 Å². The second kappa shape index (κ2) is 6.22. The van der Waals surface area contributed by atoms with Gasteiger partial charge in [-0.3, -0.25) is 4.79 Å². The molecule has 0 unspecified atom stereocenters. The molecule has 1 aromatic carbocycles. The average Bonchev–Trinajstić information content (AvgIpc) is 2.85. The zero-order valence-electron chi connectivity index (χ0n) is 12.6. The van der Waals surface area contributed by atoms with Crippen LogP contribution in [0.15, 0.2) is 45.8 Å². The number of aromatic nitrogens is 2. The molecular weight excluding hydrogens is 335 g/mol. The standard InChI is InChI=1S/C17H14Cl2N2O2/c1-10-17(11(2)23-20-10)13-4-6-16(22)21(9-13)8-12-3-5-14(18)15(19)7-12/h3-7,9H,8H2,1-2H3. The monoisotopic (exact) mass is 348 g/mol. The lowest BCUT2D eigenvalue weighted by molar-refractivity contribution is 0.393. The molecule has 0 aliphatic carbocycles. The van der Waals surface area contributed by atoms with Crippen LogP contribution in [-0.2, 0) is 6.54 Å². The van der Waals surface area contributed by atoms with Crippen molar-refractivity contribution in [1.29, 1.82) is 0 Å². The van der Waals surface area contributed by atoms with Gasteiger partial charge in [0, 0.05) is 23.4 Å². The van der Waals surface area contributed by atoms with E-state index in [2.05, 4.69) is 5.16 Å². The molecule has 2 aromatic heterocycles. The van der Waals surface area contributed by atoms with Crippen molar-refractivity contribution in [3.63, 3.8) is 0 Å². The summed E-state index contributed by atoms with van der Waals surface area (Å²) in [5.41, 5.74) is 3.40. The molecule has 0 amide bonds. The van der Waals surface area contributed by atoms with Crippen molar-refractivity contribution in [2.75, 3.05) is 0 Å². The first-order chi connectivity index (χ1) is 11.0. The Balaban J connectivity index is 2.01. The van der Waals surface area contributed by atoms with Gasteiger partial charge in [-0.2, -0.15) is 0 Å². The lowest BCUT2D eigenvalue weighted by Gasteiger charge is -2.09. The Bertz CT molecular complexity index is 909. The highest BCUT2D eigenvalue weighted by atomic mass is 35.5. The van der Waals surface area contributed by atoms with Crippen LogP contribution in [0, 0.1) is 13.8 Å². The van der Waals surface area contributed by atoms with Crippen LogP contribution in [0.5, 0.6) is 0 Å². The Morgan fingerprint density at radius 3 is 2.57 bits per heavy atom. The van der Waals surface area contributed by atoms with Crippen LogP contribution in [0.25, 0.3) is 11.1 Å². The lowest BCUT2D eigenvalue weighted by atomic mass is 10.1. The molecule has 0 saturated heterocycles. The summed E-state index contributed by atoms with van der Waals surface area (Å²) in [6.45, 7) is 4.14. The molecule has 0 bridgehead atoms. The van der Waals surface area contributed by atoms with Crippen molar-refractivity contribution >= 4 is 23.2 Å². The molecule has 0 aliphatic rings. The molecular formula is C17H14Cl2N2O2. The van der Waals surface area contributed by atoms with E-state index in [9.17, 15) is 4.79 Å². The van der Waals surface area contributed by atoms with E-state index in [1.807, 2.05) is 19.9 Å². The number of benzene rings is 1. The highest BCUT2D eigenvalue weighted by molar-refractivity contribution is 6.42.